The molecule has 0 saturated carbocycles. The fourth-order valence-corrected chi connectivity index (χ4v) is 3.77. The summed E-state index contributed by atoms with van der Waals surface area (Å²) in [7, 11) is -1.37. The Morgan fingerprint density at radius 3 is 2.50 bits per heavy atom. The summed E-state index contributed by atoms with van der Waals surface area (Å²) in [5.74, 6) is 0.474. The van der Waals surface area contributed by atoms with Crippen molar-refractivity contribution in [2.75, 3.05) is 26.7 Å². The molecule has 1 aromatic carbocycles. The molecule has 1 aliphatic rings. The van der Waals surface area contributed by atoms with Crippen molar-refractivity contribution in [3.63, 3.8) is 0 Å². The fraction of sp³-hybridized carbons (Fsp3) is 0.562. The van der Waals surface area contributed by atoms with Crippen LogP contribution in [0.1, 0.15) is 30.6 Å². The highest BCUT2D eigenvalue weighted by Gasteiger charge is 2.27. The third-order valence-electron chi connectivity index (χ3n) is 4.12. The van der Waals surface area contributed by atoms with Crippen LogP contribution in [0.15, 0.2) is 29.2 Å². The van der Waals surface area contributed by atoms with Gasteiger partial charge >= 0.3 is 0 Å². The van der Waals surface area contributed by atoms with Crippen molar-refractivity contribution in [1.29, 1.82) is 0 Å². The Balaban J connectivity index is 2.10. The van der Waals surface area contributed by atoms with Crippen LogP contribution in [0.3, 0.4) is 0 Å². The van der Waals surface area contributed by atoms with Gasteiger partial charge < -0.3 is 10.2 Å². The SMILES string of the molecule is CNC[C@H]1CCN(C(=O)c2ccc(S(=O)(=O)C(C)C)cc2)C1. The molecule has 6 heteroatoms. The molecule has 0 unspecified atom stereocenters. The standard InChI is InChI=1S/C16H24N2O3S/c1-12(2)22(20,21)15-6-4-14(5-7-15)16(19)18-9-8-13(11-18)10-17-3/h4-7,12-13,17H,8-11H2,1-3H3/t13-/m1/s1. The molecule has 1 heterocycles. The largest absolute Gasteiger partial charge is 0.338 e. The van der Waals surface area contributed by atoms with Crippen molar-refractivity contribution >= 4 is 15.7 Å². The quantitative estimate of drug-likeness (QED) is 0.892. The predicted molar refractivity (Wildman–Crippen MR) is 86.7 cm³/mol. The van der Waals surface area contributed by atoms with Gasteiger partial charge in [0.1, 0.15) is 0 Å². The maximum atomic E-state index is 12.4. The zero-order valence-corrected chi connectivity index (χ0v) is 14.2. The van der Waals surface area contributed by atoms with Gasteiger partial charge in [0.25, 0.3) is 5.91 Å². The lowest BCUT2D eigenvalue weighted by molar-refractivity contribution is 0.0787. The Bertz CT molecular complexity index is 623. The summed E-state index contributed by atoms with van der Waals surface area (Å²) in [5.41, 5.74) is 0.549. The highest BCUT2D eigenvalue weighted by Crippen LogP contribution is 2.20. The van der Waals surface area contributed by atoms with Crippen LogP contribution in [0.25, 0.3) is 0 Å². The normalized spacial score (nSPS) is 18.9. The van der Waals surface area contributed by atoms with E-state index in [2.05, 4.69) is 5.32 Å². The number of sulfone groups is 1. The molecule has 0 bridgehead atoms. The minimum absolute atomic E-state index is 0.0212. The number of nitrogens with zero attached hydrogens (tertiary/aromatic N) is 1. The Labute approximate surface area is 132 Å². The number of hydrogen-bond acceptors (Lipinski definition) is 4. The maximum absolute atomic E-state index is 12.4. The third kappa shape index (κ3) is 3.50. The van der Waals surface area contributed by atoms with Gasteiger partial charge in [-0.05, 0) is 64.0 Å². The first-order valence-electron chi connectivity index (χ1n) is 7.64. The molecular formula is C16H24N2O3S. The number of carbonyl (C=O) groups excluding carboxylic acids is 1. The molecule has 1 N–H and O–H groups in total. The second-order valence-corrected chi connectivity index (χ2v) is 8.59. The Kier molecular flexibility index (Phi) is 5.24. The lowest BCUT2D eigenvalue weighted by Crippen LogP contribution is -2.30. The average Bonchev–Trinajstić information content (AvgIpc) is 2.95. The molecule has 0 spiro atoms. The second-order valence-electron chi connectivity index (χ2n) is 6.08. The number of nitrogens with one attached hydrogen (secondary N) is 1. The van der Waals surface area contributed by atoms with Gasteiger partial charge in [0.15, 0.2) is 9.84 Å². The molecule has 0 aromatic heterocycles. The Morgan fingerprint density at radius 2 is 1.95 bits per heavy atom. The second kappa shape index (κ2) is 6.79. The van der Waals surface area contributed by atoms with E-state index in [1.54, 1.807) is 26.0 Å². The van der Waals surface area contributed by atoms with Gasteiger partial charge in [-0.2, -0.15) is 0 Å². The van der Waals surface area contributed by atoms with Crippen LogP contribution in [-0.4, -0.2) is 51.2 Å². The highest BCUT2D eigenvalue weighted by atomic mass is 32.2. The smallest absolute Gasteiger partial charge is 0.253 e. The molecule has 2 rings (SSSR count). The number of hydrogen-bond donors (Lipinski definition) is 1. The van der Waals surface area contributed by atoms with Gasteiger partial charge in [0.05, 0.1) is 10.1 Å². The molecule has 0 radical (unpaired) electrons. The molecule has 1 fully saturated rings. The monoisotopic (exact) mass is 324 g/mol. The molecule has 1 saturated heterocycles. The van der Waals surface area contributed by atoms with Crippen LogP contribution >= 0.6 is 0 Å². The van der Waals surface area contributed by atoms with E-state index >= 15 is 0 Å². The lowest BCUT2D eigenvalue weighted by Gasteiger charge is -2.17. The van der Waals surface area contributed by atoms with Gasteiger partial charge in [-0.1, -0.05) is 0 Å². The lowest BCUT2D eigenvalue weighted by atomic mass is 10.1. The summed E-state index contributed by atoms with van der Waals surface area (Å²) in [6.45, 7) is 5.74. The van der Waals surface area contributed by atoms with Gasteiger partial charge in [-0.15, -0.1) is 0 Å². The van der Waals surface area contributed by atoms with E-state index in [0.717, 1.165) is 26.1 Å². The number of carbonyl (C=O) groups is 1. The minimum Gasteiger partial charge on any atom is -0.338 e. The van der Waals surface area contributed by atoms with Crippen molar-refractivity contribution in [2.24, 2.45) is 5.92 Å². The molecule has 1 aliphatic heterocycles. The van der Waals surface area contributed by atoms with Crippen molar-refractivity contribution in [3.8, 4) is 0 Å². The van der Waals surface area contributed by atoms with E-state index in [4.69, 9.17) is 0 Å². The first-order valence-corrected chi connectivity index (χ1v) is 9.18. The van der Waals surface area contributed by atoms with Gasteiger partial charge in [0, 0.05) is 18.7 Å². The molecular weight excluding hydrogens is 300 g/mol. The molecule has 1 atom stereocenters. The minimum atomic E-state index is -3.29. The summed E-state index contributed by atoms with van der Waals surface area (Å²) >= 11 is 0. The van der Waals surface area contributed by atoms with Crippen molar-refractivity contribution < 1.29 is 13.2 Å². The fourth-order valence-electron chi connectivity index (χ4n) is 2.71. The van der Waals surface area contributed by atoms with Crippen molar-refractivity contribution in [2.45, 2.75) is 30.4 Å². The summed E-state index contributed by atoms with van der Waals surface area (Å²) in [6.07, 6.45) is 1.01. The average molecular weight is 324 g/mol. The van der Waals surface area contributed by atoms with Gasteiger partial charge in [0.2, 0.25) is 0 Å². The van der Waals surface area contributed by atoms with Crippen LogP contribution in [-0.2, 0) is 9.84 Å². The topological polar surface area (TPSA) is 66.5 Å². The number of benzene rings is 1. The van der Waals surface area contributed by atoms with Crippen LogP contribution in [0, 0.1) is 5.92 Å². The molecule has 1 amide bonds. The first-order chi connectivity index (χ1) is 10.4. The summed E-state index contributed by atoms with van der Waals surface area (Å²) < 4.78 is 24.2. The summed E-state index contributed by atoms with van der Waals surface area (Å²) in [4.78, 5) is 14.6. The molecule has 5 nitrogen and oxygen atoms in total. The number of rotatable bonds is 5. The molecule has 1 aromatic rings. The van der Waals surface area contributed by atoms with Crippen molar-refractivity contribution in [3.05, 3.63) is 29.8 Å². The predicted octanol–water partition coefficient (Wildman–Crippen LogP) is 1.55. The number of amides is 1. The van der Waals surface area contributed by atoms with Gasteiger partial charge in [-0.25, -0.2) is 8.42 Å². The summed E-state index contributed by atoms with van der Waals surface area (Å²) in [6, 6.07) is 6.29. The van der Waals surface area contributed by atoms with E-state index in [0.29, 0.717) is 11.5 Å². The third-order valence-corrected chi connectivity index (χ3v) is 6.29. The van der Waals surface area contributed by atoms with E-state index in [1.165, 1.54) is 12.1 Å². The first kappa shape index (κ1) is 17.0. The number of likely N-dealkylation sites (tertiary alicyclic amines) is 1. The highest BCUT2D eigenvalue weighted by molar-refractivity contribution is 7.92. The Morgan fingerprint density at radius 1 is 1.32 bits per heavy atom. The molecule has 0 aliphatic carbocycles. The zero-order chi connectivity index (χ0) is 16.3. The molecule has 22 heavy (non-hydrogen) atoms. The maximum Gasteiger partial charge on any atom is 0.253 e. The Hall–Kier alpha value is -1.40. The van der Waals surface area contributed by atoms with Crippen LogP contribution < -0.4 is 5.32 Å². The van der Waals surface area contributed by atoms with Gasteiger partial charge in [-0.3, -0.25) is 4.79 Å². The van der Waals surface area contributed by atoms with Crippen LogP contribution in [0.5, 0.6) is 0 Å². The zero-order valence-electron chi connectivity index (χ0n) is 13.4. The van der Waals surface area contributed by atoms with Crippen molar-refractivity contribution in [1.82, 2.24) is 10.2 Å². The molecule has 122 valence electrons. The van der Waals surface area contributed by atoms with Crippen LogP contribution in [0.4, 0.5) is 0 Å². The van der Waals surface area contributed by atoms with E-state index in [-0.39, 0.29) is 10.8 Å². The van der Waals surface area contributed by atoms with Crippen LogP contribution in [0.2, 0.25) is 0 Å². The van der Waals surface area contributed by atoms with E-state index in [1.807, 2.05) is 11.9 Å². The van der Waals surface area contributed by atoms with E-state index < -0.39 is 15.1 Å². The van der Waals surface area contributed by atoms with E-state index in [9.17, 15) is 13.2 Å². The summed E-state index contributed by atoms with van der Waals surface area (Å²) in [5, 5.41) is 2.68.